The highest BCUT2D eigenvalue weighted by Crippen LogP contribution is 2.14. The normalized spacial score (nSPS) is 11.0. The SMILES string of the molecule is C/C(CC(=O)Nc1ccc(C)c(C)c1)=N\NC(=O)Cc1ccc([N+](=O)[O-])cc1. The summed E-state index contributed by atoms with van der Waals surface area (Å²) in [5, 5.41) is 17.3. The van der Waals surface area contributed by atoms with E-state index in [2.05, 4.69) is 15.8 Å². The first kappa shape index (κ1) is 20.8. The number of hydrazone groups is 1. The molecule has 0 heterocycles. The third-order valence-electron chi connectivity index (χ3n) is 4.09. The molecular formula is C20H22N4O4. The van der Waals surface area contributed by atoms with Gasteiger partial charge in [0.05, 0.1) is 17.8 Å². The maximum Gasteiger partial charge on any atom is 0.269 e. The molecule has 2 N–H and O–H groups in total. The number of benzene rings is 2. The van der Waals surface area contributed by atoms with Gasteiger partial charge in [-0.05, 0) is 49.6 Å². The topological polar surface area (TPSA) is 114 Å². The van der Waals surface area contributed by atoms with Crippen LogP contribution in [0.1, 0.15) is 30.0 Å². The molecule has 0 atom stereocenters. The van der Waals surface area contributed by atoms with Gasteiger partial charge in [0.1, 0.15) is 0 Å². The van der Waals surface area contributed by atoms with E-state index in [1.165, 1.54) is 24.3 Å². The first-order valence-corrected chi connectivity index (χ1v) is 8.67. The van der Waals surface area contributed by atoms with E-state index < -0.39 is 4.92 Å². The first-order chi connectivity index (χ1) is 13.2. The van der Waals surface area contributed by atoms with Gasteiger partial charge in [0.25, 0.3) is 5.69 Å². The van der Waals surface area contributed by atoms with Crippen molar-refractivity contribution in [1.29, 1.82) is 0 Å². The zero-order valence-electron chi connectivity index (χ0n) is 16.0. The van der Waals surface area contributed by atoms with E-state index in [0.717, 1.165) is 11.1 Å². The molecule has 0 aliphatic heterocycles. The zero-order valence-corrected chi connectivity index (χ0v) is 16.0. The third kappa shape index (κ3) is 6.31. The summed E-state index contributed by atoms with van der Waals surface area (Å²) in [4.78, 5) is 34.1. The minimum atomic E-state index is -0.500. The summed E-state index contributed by atoms with van der Waals surface area (Å²) in [6.07, 6.45) is 0.0777. The lowest BCUT2D eigenvalue weighted by Gasteiger charge is -2.08. The number of carbonyl (C=O) groups excluding carboxylic acids is 2. The Balaban J connectivity index is 1.83. The van der Waals surface area contributed by atoms with Crippen molar-refractivity contribution in [3.05, 3.63) is 69.3 Å². The molecule has 2 aromatic carbocycles. The number of nitrogens with one attached hydrogen (secondary N) is 2. The average molecular weight is 382 g/mol. The maximum atomic E-state index is 12.1. The lowest BCUT2D eigenvalue weighted by Crippen LogP contribution is -2.22. The number of nitro groups is 1. The monoisotopic (exact) mass is 382 g/mol. The molecule has 8 nitrogen and oxygen atoms in total. The molecule has 2 amide bonds. The summed E-state index contributed by atoms with van der Waals surface area (Å²) in [6.45, 7) is 5.61. The molecule has 0 spiro atoms. The number of aryl methyl sites for hydroxylation is 2. The molecule has 0 aliphatic rings. The molecule has 0 saturated carbocycles. The fraction of sp³-hybridized carbons (Fsp3) is 0.250. The lowest BCUT2D eigenvalue weighted by molar-refractivity contribution is -0.384. The van der Waals surface area contributed by atoms with Gasteiger partial charge < -0.3 is 5.32 Å². The highest BCUT2D eigenvalue weighted by molar-refractivity contribution is 6.05. The summed E-state index contributed by atoms with van der Waals surface area (Å²) >= 11 is 0. The van der Waals surface area contributed by atoms with Gasteiger partial charge >= 0.3 is 0 Å². The van der Waals surface area contributed by atoms with Gasteiger partial charge in [-0.15, -0.1) is 0 Å². The number of nitrogens with zero attached hydrogens (tertiary/aromatic N) is 2. The number of amides is 2. The Morgan fingerprint density at radius 2 is 1.71 bits per heavy atom. The van der Waals surface area contributed by atoms with E-state index in [-0.39, 0.29) is 30.3 Å². The van der Waals surface area contributed by atoms with Gasteiger partial charge in [0.2, 0.25) is 11.8 Å². The highest BCUT2D eigenvalue weighted by atomic mass is 16.6. The van der Waals surface area contributed by atoms with Crippen LogP contribution in [-0.2, 0) is 16.0 Å². The number of carbonyl (C=O) groups is 2. The largest absolute Gasteiger partial charge is 0.326 e. The summed E-state index contributed by atoms with van der Waals surface area (Å²) in [7, 11) is 0. The fourth-order valence-corrected chi connectivity index (χ4v) is 2.41. The number of hydrogen-bond donors (Lipinski definition) is 2. The van der Waals surface area contributed by atoms with Crippen molar-refractivity contribution < 1.29 is 14.5 Å². The summed E-state index contributed by atoms with van der Waals surface area (Å²) < 4.78 is 0. The van der Waals surface area contributed by atoms with Gasteiger partial charge in [-0.25, -0.2) is 5.43 Å². The van der Waals surface area contributed by atoms with Gasteiger partial charge in [-0.1, -0.05) is 18.2 Å². The Morgan fingerprint density at radius 1 is 1.04 bits per heavy atom. The number of nitro benzene ring substituents is 1. The van der Waals surface area contributed by atoms with Gasteiger partial charge in [-0.2, -0.15) is 5.10 Å². The van der Waals surface area contributed by atoms with E-state index in [0.29, 0.717) is 17.0 Å². The molecule has 2 rings (SSSR count). The van der Waals surface area contributed by atoms with E-state index >= 15 is 0 Å². The second-order valence-electron chi connectivity index (χ2n) is 6.51. The Labute approximate surface area is 162 Å². The van der Waals surface area contributed by atoms with Crippen LogP contribution in [0.5, 0.6) is 0 Å². The second-order valence-corrected chi connectivity index (χ2v) is 6.51. The van der Waals surface area contributed by atoms with Crippen molar-refractivity contribution in [3.63, 3.8) is 0 Å². The van der Waals surface area contributed by atoms with Crippen LogP contribution in [0.2, 0.25) is 0 Å². The molecule has 0 aliphatic carbocycles. The molecule has 28 heavy (non-hydrogen) atoms. The first-order valence-electron chi connectivity index (χ1n) is 8.67. The Hall–Kier alpha value is -3.55. The molecule has 0 bridgehead atoms. The van der Waals surface area contributed by atoms with Crippen LogP contribution >= 0.6 is 0 Å². The van der Waals surface area contributed by atoms with Crippen molar-refractivity contribution in [3.8, 4) is 0 Å². The number of hydrogen-bond acceptors (Lipinski definition) is 5. The Kier molecular flexibility index (Phi) is 6.97. The predicted octanol–water partition coefficient (Wildman–Crippen LogP) is 3.28. The van der Waals surface area contributed by atoms with Crippen molar-refractivity contribution in [1.82, 2.24) is 5.43 Å². The number of non-ortho nitro benzene ring substituents is 1. The minimum Gasteiger partial charge on any atom is -0.326 e. The number of anilines is 1. The fourth-order valence-electron chi connectivity index (χ4n) is 2.41. The van der Waals surface area contributed by atoms with Crippen molar-refractivity contribution >= 4 is 28.9 Å². The average Bonchev–Trinajstić information content (AvgIpc) is 2.63. The number of rotatable bonds is 7. The second kappa shape index (κ2) is 9.40. The molecule has 0 radical (unpaired) electrons. The highest BCUT2D eigenvalue weighted by Gasteiger charge is 2.08. The van der Waals surface area contributed by atoms with Crippen molar-refractivity contribution in [2.75, 3.05) is 5.32 Å². The van der Waals surface area contributed by atoms with Crippen LogP contribution in [0, 0.1) is 24.0 Å². The minimum absolute atomic E-state index is 0.0314. The van der Waals surface area contributed by atoms with E-state index in [1.807, 2.05) is 32.0 Å². The van der Waals surface area contributed by atoms with Crippen LogP contribution in [-0.4, -0.2) is 22.4 Å². The summed E-state index contributed by atoms with van der Waals surface area (Å²) in [5.41, 5.74) is 6.38. The smallest absolute Gasteiger partial charge is 0.269 e. The molecular weight excluding hydrogens is 360 g/mol. The van der Waals surface area contributed by atoms with Crippen LogP contribution in [0.25, 0.3) is 0 Å². The van der Waals surface area contributed by atoms with Crippen molar-refractivity contribution in [2.45, 2.75) is 33.6 Å². The summed E-state index contributed by atoms with van der Waals surface area (Å²) in [5.74, 6) is -0.600. The van der Waals surface area contributed by atoms with Crippen LogP contribution in [0.3, 0.4) is 0 Å². The van der Waals surface area contributed by atoms with Crippen LogP contribution in [0.4, 0.5) is 11.4 Å². The third-order valence-corrected chi connectivity index (χ3v) is 4.09. The Bertz CT molecular complexity index is 920. The van der Waals surface area contributed by atoms with Gasteiger partial charge in [0.15, 0.2) is 0 Å². The van der Waals surface area contributed by atoms with E-state index in [9.17, 15) is 19.7 Å². The van der Waals surface area contributed by atoms with Crippen molar-refractivity contribution in [2.24, 2.45) is 5.10 Å². The quantitative estimate of drug-likeness (QED) is 0.434. The van der Waals surface area contributed by atoms with E-state index in [4.69, 9.17) is 0 Å². The molecule has 146 valence electrons. The summed E-state index contributed by atoms with van der Waals surface area (Å²) in [6, 6.07) is 11.4. The van der Waals surface area contributed by atoms with E-state index in [1.54, 1.807) is 6.92 Å². The molecule has 0 aromatic heterocycles. The molecule has 0 fully saturated rings. The molecule has 0 saturated heterocycles. The predicted molar refractivity (Wildman–Crippen MR) is 107 cm³/mol. The maximum absolute atomic E-state index is 12.1. The standard InChI is InChI=1S/C20H22N4O4/c1-13-4-7-17(10-14(13)2)21-19(25)11-15(3)22-23-20(26)12-16-5-8-18(9-6-16)24(27)28/h4-10H,11-12H2,1-3H3,(H,21,25)(H,23,26)/b22-15+. The molecule has 2 aromatic rings. The lowest BCUT2D eigenvalue weighted by atomic mass is 10.1. The zero-order chi connectivity index (χ0) is 20.7. The van der Waals surface area contributed by atoms with Crippen LogP contribution < -0.4 is 10.7 Å². The Morgan fingerprint density at radius 3 is 2.32 bits per heavy atom. The van der Waals surface area contributed by atoms with Crippen LogP contribution in [0.15, 0.2) is 47.6 Å². The molecule has 8 heteroatoms. The van der Waals surface area contributed by atoms with Gasteiger partial charge in [-0.3, -0.25) is 19.7 Å². The van der Waals surface area contributed by atoms with Gasteiger partial charge in [0, 0.05) is 23.5 Å². The molecule has 0 unspecified atom stereocenters.